The van der Waals surface area contributed by atoms with Gasteiger partial charge in [-0.15, -0.1) is 0 Å². The fourth-order valence-corrected chi connectivity index (χ4v) is 3.31. The number of rotatable bonds is 7. The molecule has 1 aliphatic heterocycles. The first-order chi connectivity index (χ1) is 9.86. The Morgan fingerprint density at radius 2 is 2.25 bits per heavy atom. The first-order valence-corrected chi connectivity index (χ1v) is 8.33. The quantitative estimate of drug-likeness (QED) is 0.831. The smallest absolute Gasteiger partial charge is 0.0951 e. The number of imidazole rings is 1. The molecule has 4 nitrogen and oxygen atoms in total. The van der Waals surface area contributed by atoms with Gasteiger partial charge in [0.1, 0.15) is 0 Å². The summed E-state index contributed by atoms with van der Waals surface area (Å²) < 4.78 is 2.40. The molecule has 0 bridgehead atoms. The minimum absolute atomic E-state index is 0.688. The summed E-state index contributed by atoms with van der Waals surface area (Å²) in [5.41, 5.74) is 1.40. The largest absolute Gasteiger partial charge is 0.330 e. The van der Waals surface area contributed by atoms with Crippen LogP contribution < -0.4 is 5.32 Å². The Morgan fingerprint density at radius 3 is 2.95 bits per heavy atom. The molecule has 2 aliphatic rings. The molecule has 3 rings (SSSR count). The van der Waals surface area contributed by atoms with Gasteiger partial charge in [0.05, 0.1) is 12.0 Å². The fraction of sp³-hybridized carbons (Fsp3) is 0.812. The Labute approximate surface area is 122 Å². The van der Waals surface area contributed by atoms with Crippen LogP contribution in [0.5, 0.6) is 0 Å². The number of nitrogens with one attached hydrogen (secondary N) is 1. The molecule has 4 heteroatoms. The molecule has 1 aromatic rings. The normalized spacial score (nSPS) is 23.4. The summed E-state index contributed by atoms with van der Waals surface area (Å²) >= 11 is 0. The molecule has 2 heterocycles. The van der Waals surface area contributed by atoms with Gasteiger partial charge in [0.2, 0.25) is 0 Å². The monoisotopic (exact) mass is 276 g/mol. The van der Waals surface area contributed by atoms with Gasteiger partial charge in [0.25, 0.3) is 0 Å². The third kappa shape index (κ3) is 3.61. The van der Waals surface area contributed by atoms with Crippen molar-refractivity contribution in [1.82, 2.24) is 19.8 Å². The lowest BCUT2D eigenvalue weighted by Gasteiger charge is -2.30. The van der Waals surface area contributed by atoms with E-state index in [-0.39, 0.29) is 0 Å². The maximum atomic E-state index is 4.36. The van der Waals surface area contributed by atoms with Crippen molar-refractivity contribution >= 4 is 0 Å². The topological polar surface area (TPSA) is 33.1 Å². The molecule has 1 aliphatic carbocycles. The molecule has 1 unspecified atom stereocenters. The summed E-state index contributed by atoms with van der Waals surface area (Å²) in [6.07, 6.45) is 12.1. The first kappa shape index (κ1) is 14.1. The maximum absolute atomic E-state index is 4.36. The minimum Gasteiger partial charge on any atom is -0.330 e. The molecule has 1 atom stereocenters. The molecule has 0 aromatic carbocycles. The van der Waals surface area contributed by atoms with Gasteiger partial charge in [-0.05, 0) is 45.2 Å². The van der Waals surface area contributed by atoms with Crippen LogP contribution in [0.15, 0.2) is 12.5 Å². The Morgan fingerprint density at radius 1 is 1.35 bits per heavy atom. The van der Waals surface area contributed by atoms with Crippen LogP contribution in [0.1, 0.15) is 57.2 Å². The minimum atomic E-state index is 0.688. The second kappa shape index (κ2) is 6.72. The van der Waals surface area contributed by atoms with E-state index >= 15 is 0 Å². The van der Waals surface area contributed by atoms with Gasteiger partial charge in [-0.3, -0.25) is 4.90 Å². The summed E-state index contributed by atoms with van der Waals surface area (Å²) in [7, 11) is 0. The second-order valence-electron chi connectivity index (χ2n) is 6.41. The molecule has 1 aromatic heterocycles. The molecule has 1 saturated carbocycles. The van der Waals surface area contributed by atoms with Gasteiger partial charge in [0, 0.05) is 31.4 Å². The fourth-order valence-electron chi connectivity index (χ4n) is 3.31. The zero-order valence-corrected chi connectivity index (χ0v) is 12.7. The highest BCUT2D eigenvalue weighted by molar-refractivity contribution is 5.03. The molecule has 1 N–H and O–H groups in total. The van der Waals surface area contributed by atoms with Crippen molar-refractivity contribution in [3.05, 3.63) is 18.2 Å². The standard InChI is InChI=1S/C16H28N4/c1-2-9-19(11-14-5-3-4-8-18-14)12-16-10-17-13-20(16)15-6-7-15/h10,13-15,18H,2-9,11-12H2,1H3. The predicted octanol–water partition coefficient (Wildman–Crippen LogP) is 2.57. The van der Waals surface area contributed by atoms with Gasteiger partial charge in [0.15, 0.2) is 0 Å². The number of nitrogens with zero attached hydrogens (tertiary/aromatic N) is 3. The third-order valence-electron chi connectivity index (χ3n) is 4.50. The van der Waals surface area contributed by atoms with Gasteiger partial charge < -0.3 is 9.88 Å². The average Bonchev–Trinajstić information content (AvgIpc) is 3.21. The number of aromatic nitrogens is 2. The van der Waals surface area contributed by atoms with Crippen LogP contribution in [0.25, 0.3) is 0 Å². The second-order valence-corrected chi connectivity index (χ2v) is 6.41. The van der Waals surface area contributed by atoms with E-state index in [0.29, 0.717) is 6.04 Å². The Balaban J connectivity index is 1.59. The molecule has 0 spiro atoms. The van der Waals surface area contributed by atoms with Crippen LogP contribution in [0, 0.1) is 0 Å². The zero-order valence-electron chi connectivity index (χ0n) is 12.7. The predicted molar refractivity (Wildman–Crippen MR) is 81.7 cm³/mol. The first-order valence-electron chi connectivity index (χ1n) is 8.33. The van der Waals surface area contributed by atoms with Crippen LogP contribution in [0.4, 0.5) is 0 Å². The van der Waals surface area contributed by atoms with Gasteiger partial charge in [-0.2, -0.15) is 0 Å². The summed E-state index contributed by atoms with van der Waals surface area (Å²) in [6, 6.07) is 1.43. The average molecular weight is 276 g/mol. The van der Waals surface area contributed by atoms with Gasteiger partial charge in [-0.25, -0.2) is 4.98 Å². The van der Waals surface area contributed by atoms with Gasteiger partial charge in [-0.1, -0.05) is 13.3 Å². The number of piperidine rings is 1. The Bertz CT molecular complexity index is 404. The van der Waals surface area contributed by atoms with E-state index in [1.807, 2.05) is 6.33 Å². The Hall–Kier alpha value is -0.870. The van der Waals surface area contributed by atoms with Crippen molar-refractivity contribution in [1.29, 1.82) is 0 Å². The van der Waals surface area contributed by atoms with Crippen molar-refractivity contribution < 1.29 is 0 Å². The van der Waals surface area contributed by atoms with Crippen LogP contribution in [-0.4, -0.2) is 40.1 Å². The van der Waals surface area contributed by atoms with Crippen molar-refractivity contribution in [3.63, 3.8) is 0 Å². The van der Waals surface area contributed by atoms with E-state index in [9.17, 15) is 0 Å². The summed E-state index contributed by atoms with van der Waals surface area (Å²) in [5.74, 6) is 0. The molecule has 112 valence electrons. The summed E-state index contributed by atoms with van der Waals surface area (Å²) in [5, 5.41) is 3.67. The van der Waals surface area contributed by atoms with Crippen LogP contribution >= 0.6 is 0 Å². The van der Waals surface area contributed by atoms with E-state index in [0.717, 1.165) is 12.6 Å². The van der Waals surface area contributed by atoms with E-state index < -0.39 is 0 Å². The highest BCUT2D eigenvalue weighted by Gasteiger charge is 2.26. The van der Waals surface area contributed by atoms with E-state index in [4.69, 9.17) is 0 Å². The van der Waals surface area contributed by atoms with Crippen molar-refractivity contribution in [2.75, 3.05) is 19.6 Å². The Kier molecular flexibility index (Phi) is 4.73. The molecule has 0 amide bonds. The van der Waals surface area contributed by atoms with Crippen LogP contribution in [0.2, 0.25) is 0 Å². The van der Waals surface area contributed by atoms with Crippen molar-refractivity contribution in [2.45, 2.75) is 64.1 Å². The summed E-state index contributed by atoms with van der Waals surface area (Å²) in [6.45, 7) is 6.91. The molecule has 20 heavy (non-hydrogen) atoms. The van der Waals surface area contributed by atoms with Crippen molar-refractivity contribution in [2.24, 2.45) is 0 Å². The highest BCUT2D eigenvalue weighted by Crippen LogP contribution is 2.35. The maximum Gasteiger partial charge on any atom is 0.0951 e. The van der Waals surface area contributed by atoms with E-state index in [1.54, 1.807) is 0 Å². The molecule has 2 fully saturated rings. The number of hydrogen-bond donors (Lipinski definition) is 1. The lowest BCUT2D eigenvalue weighted by atomic mass is 10.0. The van der Waals surface area contributed by atoms with E-state index in [2.05, 4.69) is 32.9 Å². The molecular weight excluding hydrogens is 248 g/mol. The van der Waals surface area contributed by atoms with Crippen LogP contribution in [-0.2, 0) is 6.54 Å². The molecule has 1 saturated heterocycles. The lowest BCUT2D eigenvalue weighted by Crippen LogP contribution is -2.43. The molecule has 0 radical (unpaired) electrons. The SMILES string of the molecule is CCCN(Cc1cncn1C1CC1)CC1CCCCN1. The molecular formula is C16H28N4. The van der Waals surface area contributed by atoms with E-state index in [1.165, 1.54) is 63.9 Å². The van der Waals surface area contributed by atoms with Crippen LogP contribution in [0.3, 0.4) is 0 Å². The van der Waals surface area contributed by atoms with Crippen molar-refractivity contribution in [3.8, 4) is 0 Å². The highest BCUT2D eigenvalue weighted by atomic mass is 15.2. The zero-order chi connectivity index (χ0) is 13.8. The van der Waals surface area contributed by atoms with Gasteiger partial charge >= 0.3 is 0 Å². The third-order valence-corrected chi connectivity index (χ3v) is 4.50. The lowest BCUT2D eigenvalue weighted by molar-refractivity contribution is 0.213. The summed E-state index contributed by atoms with van der Waals surface area (Å²) in [4.78, 5) is 6.97. The number of hydrogen-bond acceptors (Lipinski definition) is 3.